The molecule has 1 aliphatic heterocycles. The van der Waals surface area contributed by atoms with Gasteiger partial charge >= 0.3 is 0 Å². The van der Waals surface area contributed by atoms with Gasteiger partial charge in [-0.1, -0.05) is 18.2 Å². The molecule has 0 atom stereocenters. The SMILES string of the molecule is Cc1cccc(C)c1NC(=O)c1cnc(Nc2ccc(N3CCN(C)CC3)c(F)c2)nc1Oc1ccc(F)cc1. The number of likely N-dealkylation sites (N-methyl/N-ethyl adjacent to an activating group) is 1. The van der Waals surface area contributed by atoms with Crippen molar-refractivity contribution in [2.24, 2.45) is 0 Å². The maximum Gasteiger partial charge on any atom is 0.262 e. The summed E-state index contributed by atoms with van der Waals surface area (Å²) in [6.07, 6.45) is 1.34. The van der Waals surface area contributed by atoms with Crippen LogP contribution >= 0.6 is 0 Å². The Morgan fingerprint density at radius 1 is 0.950 bits per heavy atom. The van der Waals surface area contributed by atoms with Crippen molar-refractivity contribution in [3.8, 4) is 11.6 Å². The van der Waals surface area contributed by atoms with Crippen molar-refractivity contribution >= 4 is 28.9 Å². The van der Waals surface area contributed by atoms with Gasteiger partial charge in [0.1, 0.15) is 22.9 Å². The van der Waals surface area contributed by atoms with E-state index in [4.69, 9.17) is 4.74 Å². The zero-order chi connectivity index (χ0) is 28.2. The standard InChI is InChI=1S/C30H30F2N6O2/c1-19-5-4-6-20(2)27(19)35-28(39)24-18-33-30(36-29(24)40-23-10-7-21(31)8-11-23)34-22-9-12-26(25(32)17-22)38-15-13-37(3)14-16-38/h4-12,17-18H,13-16H2,1-3H3,(H,35,39)(H,33,34,36). The number of halogens is 2. The maximum atomic E-state index is 15.0. The largest absolute Gasteiger partial charge is 0.438 e. The van der Waals surface area contributed by atoms with Crippen LogP contribution in [-0.4, -0.2) is 54.0 Å². The number of nitrogens with one attached hydrogen (secondary N) is 2. The second-order valence-electron chi connectivity index (χ2n) is 9.77. The summed E-state index contributed by atoms with van der Waals surface area (Å²) in [5.74, 6) is -0.900. The summed E-state index contributed by atoms with van der Waals surface area (Å²) in [5.41, 5.74) is 3.54. The lowest BCUT2D eigenvalue weighted by Crippen LogP contribution is -2.44. The van der Waals surface area contributed by atoms with Crippen molar-refractivity contribution in [2.45, 2.75) is 13.8 Å². The third-order valence-corrected chi connectivity index (χ3v) is 6.79. The van der Waals surface area contributed by atoms with Gasteiger partial charge in [-0.15, -0.1) is 0 Å². The first-order valence-electron chi connectivity index (χ1n) is 12.9. The minimum absolute atomic E-state index is 0.0395. The summed E-state index contributed by atoms with van der Waals surface area (Å²) >= 11 is 0. The van der Waals surface area contributed by atoms with Gasteiger partial charge in [0, 0.05) is 43.8 Å². The number of hydrogen-bond donors (Lipinski definition) is 2. The third kappa shape index (κ3) is 6.18. The first-order valence-corrected chi connectivity index (χ1v) is 12.9. The van der Waals surface area contributed by atoms with Gasteiger partial charge in [-0.05, 0) is 74.5 Å². The molecule has 1 saturated heterocycles. The average molecular weight is 545 g/mol. The molecule has 10 heteroatoms. The summed E-state index contributed by atoms with van der Waals surface area (Å²) < 4.78 is 34.4. The Hall–Kier alpha value is -4.57. The Kier molecular flexibility index (Phi) is 7.88. The fraction of sp³-hybridized carbons (Fsp3) is 0.233. The van der Waals surface area contributed by atoms with Crippen molar-refractivity contribution in [1.29, 1.82) is 0 Å². The maximum absolute atomic E-state index is 15.0. The lowest BCUT2D eigenvalue weighted by molar-refractivity contribution is 0.102. The van der Waals surface area contributed by atoms with Crippen molar-refractivity contribution in [2.75, 3.05) is 48.8 Å². The van der Waals surface area contributed by atoms with Crippen molar-refractivity contribution in [3.63, 3.8) is 0 Å². The number of nitrogens with zero attached hydrogens (tertiary/aromatic N) is 4. The number of amides is 1. The molecule has 206 valence electrons. The van der Waals surface area contributed by atoms with Gasteiger partial charge in [0.15, 0.2) is 0 Å². The number of carbonyl (C=O) groups is 1. The minimum Gasteiger partial charge on any atom is -0.438 e. The molecule has 0 spiro atoms. The Bertz CT molecular complexity index is 1500. The molecule has 0 radical (unpaired) electrons. The monoisotopic (exact) mass is 544 g/mol. The molecular formula is C30H30F2N6O2. The number of anilines is 4. The molecule has 4 aromatic rings. The number of hydrogen-bond acceptors (Lipinski definition) is 7. The van der Waals surface area contributed by atoms with E-state index in [1.54, 1.807) is 12.1 Å². The van der Waals surface area contributed by atoms with Crippen LogP contribution in [0.25, 0.3) is 0 Å². The average Bonchev–Trinajstić information content (AvgIpc) is 2.93. The van der Waals surface area contributed by atoms with Crippen LogP contribution in [0.5, 0.6) is 11.6 Å². The number of rotatable bonds is 7. The predicted molar refractivity (Wildman–Crippen MR) is 152 cm³/mol. The molecule has 0 aliphatic carbocycles. The van der Waals surface area contributed by atoms with Crippen LogP contribution in [0.4, 0.5) is 31.8 Å². The zero-order valence-electron chi connectivity index (χ0n) is 22.5. The lowest BCUT2D eigenvalue weighted by atomic mass is 10.1. The highest BCUT2D eigenvalue weighted by molar-refractivity contribution is 6.06. The molecule has 5 rings (SSSR count). The number of para-hydroxylation sites is 1. The van der Waals surface area contributed by atoms with Gasteiger partial charge in [-0.25, -0.2) is 13.8 Å². The summed E-state index contributed by atoms with van der Waals surface area (Å²) in [6, 6.07) is 15.9. The molecule has 1 aliphatic rings. The smallest absolute Gasteiger partial charge is 0.262 e. The van der Waals surface area contributed by atoms with Crippen molar-refractivity contribution < 1.29 is 18.3 Å². The Morgan fingerprint density at radius 3 is 2.33 bits per heavy atom. The number of carbonyl (C=O) groups excluding carboxylic acids is 1. The van der Waals surface area contributed by atoms with Gasteiger partial charge in [0.05, 0.1) is 5.69 Å². The number of benzene rings is 3. The van der Waals surface area contributed by atoms with Crippen LogP contribution < -0.4 is 20.3 Å². The zero-order valence-corrected chi connectivity index (χ0v) is 22.5. The summed E-state index contributed by atoms with van der Waals surface area (Å²) in [6.45, 7) is 7.03. The Labute approximate surface area is 231 Å². The van der Waals surface area contributed by atoms with E-state index in [9.17, 15) is 9.18 Å². The highest BCUT2D eigenvalue weighted by Crippen LogP contribution is 2.29. The molecule has 0 saturated carbocycles. The number of aromatic nitrogens is 2. The number of aryl methyl sites for hydroxylation is 2. The second kappa shape index (κ2) is 11.7. The Morgan fingerprint density at radius 2 is 1.65 bits per heavy atom. The van der Waals surface area contributed by atoms with E-state index in [0.717, 1.165) is 37.3 Å². The molecule has 1 aromatic heterocycles. The van der Waals surface area contributed by atoms with Gasteiger partial charge in [-0.2, -0.15) is 4.98 Å². The normalized spacial score (nSPS) is 13.7. The molecule has 40 heavy (non-hydrogen) atoms. The summed E-state index contributed by atoms with van der Waals surface area (Å²) in [4.78, 5) is 26.2. The van der Waals surface area contributed by atoms with E-state index in [0.29, 0.717) is 17.1 Å². The highest BCUT2D eigenvalue weighted by Gasteiger charge is 2.20. The fourth-order valence-corrected chi connectivity index (χ4v) is 4.48. The van der Waals surface area contributed by atoms with Crippen molar-refractivity contribution in [1.82, 2.24) is 14.9 Å². The van der Waals surface area contributed by atoms with E-state index < -0.39 is 11.7 Å². The molecule has 2 N–H and O–H groups in total. The Balaban J connectivity index is 1.41. The molecule has 1 fully saturated rings. The van der Waals surface area contributed by atoms with E-state index in [2.05, 4.69) is 25.5 Å². The minimum atomic E-state index is -0.469. The molecular weight excluding hydrogens is 514 g/mol. The van der Waals surface area contributed by atoms with E-state index in [-0.39, 0.29) is 29.0 Å². The summed E-state index contributed by atoms with van der Waals surface area (Å²) in [5, 5.41) is 5.90. The van der Waals surface area contributed by atoms with E-state index in [1.807, 2.05) is 44.0 Å². The molecule has 0 bridgehead atoms. The molecule has 0 unspecified atom stereocenters. The fourth-order valence-electron chi connectivity index (χ4n) is 4.48. The second-order valence-corrected chi connectivity index (χ2v) is 9.77. The van der Waals surface area contributed by atoms with Gasteiger partial charge in [0.2, 0.25) is 11.8 Å². The van der Waals surface area contributed by atoms with E-state index in [1.165, 1.54) is 36.5 Å². The van der Waals surface area contributed by atoms with E-state index >= 15 is 4.39 Å². The first-order chi connectivity index (χ1) is 19.3. The van der Waals surface area contributed by atoms with Crippen molar-refractivity contribution in [3.05, 3.63) is 95.2 Å². The van der Waals surface area contributed by atoms with Crippen LogP contribution in [0, 0.1) is 25.5 Å². The van der Waals surface area contributed by atoms with Gasteiger partial charge < -0.3 is 25.2 Å². The van der Waals surface area contributed by atoms with Crippen LogP contribution in [0.2, 0.25) is 0 Å². The van der Waals surface area contributed by atoms with Gasteiger partial charge in [0.25, 0.3) is 5.91 Å². The summed E-state index contributed by atoms with van der Waals surface area (Å²) in [7, 11) is 2.05. The van der Waals surface area contributed by atoms with Crippen LogP contribution in [0.15, 0.2) is 66.9 Å². The molecule has 8 nitrogen and oxygen atoms in total. The third-order valence-electron chi connectivity index (χ3n) is 6.79. The predicted octanol–water partition coefficient (Wildman–Crippen LogP) is 5.91. The van der Waals surface area contributed by atoms with Crippen LogP contribution in [-0.2, 0) is 0 Å². The number of ether oxygens (including phenoxy) is 1. The number of piperazine rings is 1. The topological polar surface area (TPSA) is 82.6 Å². The van der Waals surface area contributed by atoms with Gasteiger partial charge in [-0.3, -0.25) is 4.79 Å². The lowest BCUT2D eigenvalue weighted by Gasteiger charge is -2.34. The molecule has 2 heterocycles. The van der Waals surface area contributed by atoms with Crippen LogP contribution in [0.1, 0.15) is 21.5 Å². The molecule has 3 aromatic carbocycles. The quantitative estimate of drug-likeness (QED) is 0.299. The molecule has 1 amide bonds. The van der Waals surface area contributed by atoms with Crippen LogP contribution in [0.3, 0.4) is 0 Å². The first kappa shape index (κ1) is 27.0. The highest BCUT2D eigenvalue weighted by atomic mass is 19.1.